The lowest BCUT2D eigenvalue weighted by Gasteiger charge is -2.03. The summed E-state index contributed by atoms with van der Waals surface area (Å²) in [6, 6.07) is 1.25. The Balaban J connectivity index is 2.06. The molecule has 0 aliphatic rings. The van der Waals surface area contributed by atoms with Crippen LogP contribution >= 0.6 is 0 Å². The Bertz CT molecular complexity index is 703. The lowest BCUT2D eigenvalue weighted by molar-refractivity contribution is 0.0992. The molecule has 0 aliphatic carbocycles. The fraction of sp³-hybridized carbons (Fsp3) is 0.273. The number of primary amides is 1. The number of hydrogen-bond donors (Lipinski definition) is 3. The van der Waals surface area contributed by atoms with E-state index in [1.54, 1.807) is 13.2 Å². The summed E-state index contributed by atoms with van der Waals surface area (Å²) in [5, 5.41) is 0. The Morgan fingerprint density at radius 3 is 2.85 bits per heavy atom. The van der Waals surface area contributed by atoms with Crippen molar-refractivity contribution in [3.8, 4) is 0 Å². The molecule has 1 amide bonds. The number of nitrogens with zero attached hydrogens (tertiary/aromatic N) is 2. The molecule has 0 aromatic carbocycles. The maximum Gasteiger partial charge on any atom is 0.265 e. The van der Waals surface area contributed by atoms with Gasteiger partial charge in [0.2, 0.25) is 10.0 Å². The zero-order chi connectivity index (χ0) is 14.8. The number of hydrogen-bond acceptors (Lipinski definition) is 4. The van der Waals surface area contributed by atoms with Crippen LogP contribution in [-0.2, 0) is 23.5 Å². The molecule has 2 rings (SSSR count). The van der Waals surface area contributed by atoms with Gasteiger partial charge < -0.3 is 15.3 Å². The normalized spacial score (nSPS) is 11.7. The average Bonchev–Trinajstić information content (AvgIpc) is 2.98. The molecule has 108 valence electrons. The Hall–Kier alpha value is -2.13. The fourth-order valence-electron chi connectivity index (χ4n) is 1.75. The number of H-pyrrole nitrogens is 1. The van der Waals surface area contributed by atoms with Gasteiger partial charge in [-0.25, -0.2) is 18.1 Å². The minimum atomic E-state index is -3.66. The van der Waals surface area contributed by atoms with Gasteiger partial charge in [0.1, 0.15) is 10.6 Å². The first-order chi connectivity index (χ1) is 9.40. The van der Waals surface area contributed by atoms with E-state index in [-0.39, 0.29) is 17.1 Å². The molecule has 0 aliphatic heterocycles. The number of aromatic nitrogens is 3. The summed E-state index contributed by atoms with van der Waals surface area (Å²) in [5.41, 5.74) is 6.12. The molecule has 20 heavy (non-hydrogen) atoms. The number of aryl methyl sites for hydroxylation is 1. The number of amides is 1. The number of rotatable bonds is 6. The summed E-state index contributed by atoms with van der Waals surface area (Å²) in [5.74, 6) is -0.675. The van der Waals surface area contributed by atoms with E-state index in [0.29, 0.717) is 6.42 Å². The van der Waals surface area contributed by atoms with E-state index in [9.17, 15) is 13.2 Å². The molecular formula is C11H15N5O3S. The number of nitrogens with two attached hydrogens (primary N) is 1. The number of nitrogens with one attached hydrogen (secondary N) is 2. The molecule has 0 spiro atoms. The molecule has 0 fully saturated rings. The summed E-state index contributed by atoms with van der Waals surface area (Å²) in [6.45, 7) is 0.228. The van der Waals surface area contributed by atoms with Gasteiger partial charge >= 0.3 is 0 Å². The molecule has 8 nitrogen and oxygen atoms in total. The van der Waals surface area contributed by atoms with E-state index in [0.717, 1.165) is 5.69 Å². The molecule has 0 atom stereocenters. The minimum absolute atomic E-state index is 0.0124. The van der Waals surface area contributed by atoms with E-state index < -0.39 is 15.9 Å². The SMILES string of the molecule is Cn1cc(S(=O)(=O)NCCc2cnc[nH]2)cc1C(N)=O. The maximum absolute atomic E-state index is 12.0. The third-order valence-corrected chi connectivity index (χ3v) is 4.21. The molecular weight excluding hydrogens is 282 g/mol. The number of sulfonamides is 1. The van der Waals surface area contributed by atoms with Gasteiger partial charge in [-0.15, -0.1) is 0 Å². The number of carbonyl (C=O) groups is 1. The van der Waals surface area contributed by atoms with Crippen molar-refractivity contribution in [2.45, 2.75) is 11.3 Å². The van der Waals surface area contributed by atoms with Crippen LogP contribution in [0.4, 0.5) is 0 Å². The van der Waals surface area contributed by atoms with Gasteiger partial charge in [0.05, 0.1) is 6.33 Å². The van der Waals surface area contributed by atoms with Crippen molar-refractivity contribution in [1.82, 2.24) is 19.3 Å². The Labute approximate surface area is 116 Å². The molecule has 9 heteroatoms. The average molecular weight is 297 g/mol. The van der Waals surface area contributed by atoms with Gasteiger partial charge in [0.25, 0.3) is 5.91 Å². The molecule has 0 saturated heterocycles. The summed E-state index contributed by atoms with van der Waals surface area (Å²) in [7, 11) is -2.10. The number of imidazole rings is 1. The van der Waals surface area contributed by atoms with Crippen LogP contribution in [-0.4, -0.2) is 35.4 Å². The van der Waals surface area contributed by atoms with E-state index >= 15 is 0 Å². The van der Waals surface area contributed by atoms with E-state index in [1.165, 1.54) is 23.2 Å². The standard InChI is InChI=1S/C11H15N5O3S/c1-16-6-9(4-10(16)11(12)17)20(18,19)15-3-2-8-5-13-7-14-8/h4-7,15H,2-3H2,1H3,(H2,12,17)(H,13,14). The predicted molar refractivity (Wildman–Crippen MR) is 71.4 cm³/mol. The molecule has 0 saturated carbocycles. The predicted octanol–water partition coefficient (Wildman–Crippen LogP) is -0.632. The second kappa shape index (κ2) is 5.47. The summed E-state index contributed by atoms with van der Waals surface area (Å²) < 4.78 is 27.9. The van der Waals surface area contributed by atoms with Crippen LogP contribution in [0.25, 0.3) is 0 Å². The topological polar surface area (TPSA) is 123 Å². The van der Waals surface area contributed by atoms with Gasteiger partial charge in [0.15, 0.2) is 0 Å². The van der Waals surface area contributed by atoms with Crippen molar-refractivity contribution in [2.24, 2.45) is 12.8 Å². The second-order valence-electron chi connectivity index (χ2n) is 4.26. The van der Waals surface area contributed by atoms with Crippen LogP contribution in [0.3, 0.4) is 0 Å². The first-order valence-electron chi connectivity index (χ1n) is 5.83. The van der Waals surface area contributed by atoms with Crippen LogP contribution in [0, 0.1) is 0 Å². The highest BCUT2D eigenvalue weighted by atomic mass is 32.2. The Morgan fingerprint density at radius 2 is 2.30 bits per heavy atom. The highest BCUT2D eigenvalue weighted by Gasteiger charge is 2.18. The molecule has 2 heterocycles. The number of aromatic amines is 1. The van der Waals surface area contributed by atoms with Crippen LogP contribution in [0.5, 0.6) is 0 Å². The third kappa shape index (κ3) is 3.06. The van der Waals surface area contributed by atoms with Gasteiger partial charge in [-0.3, -0.25) is 4.79 Å². The van der Waals surface area contributed by atoms with Crippen molar-refractivity contribution in [2.75, 3.05) is 6.54 Å². The van der Waals surface area contributed by atoms with Crippen molar-refractivity contribution in [3.05, 3.63) is 36.2 Å². The maximum atomic E-state index is 12.0. The lowest BCUT2D eigenvalue weighted by atomic mass is 10.3. The van der Waals surface area contributed by atoms with E-state index in [1.807, 2.05) is 0 Å². The molecule has 2 aromatic heterocycles. The highest BCUT2D eigenvalue weighted by Crippen LogP contribution is 2.12. The van der Waals surface area contributed by atoms with Crippen molar-refractivity contribution < 1.29 is 13.2 Å². The van der Waals surface area contributed by atoms with Crippen LogP contribution < -0.4 is 10.5 Å². The zero-order valence-corrected chi connectivity index (χ0v) is 11.6. The van der Waals surface area contributed by atoms with Crippen LogP contribution in [0.2, 0.25) is 0 Å². The van der Waals surface area contributed by atoms with Crippen molar-refractivity contribution in [1.29, 1.82) is 0 Å². The molecule has 2 aromatic rings. The van der Waals surface area contributed by atoms with Gasteiger partial charge in [-0.05, 0) is 6.07 Å². The van der Waals surface area contributed by atoms with Gasteiger partial charge in [-0.2, -0.15) is 0 Å². The summed E-state index contributed by atoms with van der Waals surface area (Å²) >= 11 is 0. The molecule has 4 N–H and O–H groups in total. The van der Waals surface area contributed by atoms with E-state index in [4.69, 9.17) is 5.73 Å². The molecule has 0 unspecified atom stereocenters. The lowest BCUT2D eigenvalue weighted by Crippen LogP contribution is -2.25. The monoisotopic (exact) mass is 297 g/mol. The largest absolute Gasteiger partial charge is 0.364 e. The fourth-order valence-corrected chi connectivity index (χ4v) is 2.85. The summed E-state index contributed by atoms with van der Waals surface area (Å²) in [4.78, 5) is 17.8. The van der Waals surface area contributed by atoms with Crippen molar-refractivity contribution in [3.63, 3.8) is 0 Å². The Morgan fingerprint density at radius 1 is 1.55 bits per heavy atom. The van der Waals surface area contributed by atoms with Gasteiger partial charge in [0, 0.05) is 38.1 Å². The van der Waals surface area contributed by atoms with Crippen LogP contribution in [0.15, 0.2) is 29.7 Å². The third-order valence-electron chi connectivity index (χ3n) is 2.78. The summed E-state index contributed by atoms with van der Waals surface area (Å²) in [6.07, 6.45) is 5.00. The first kappa shape index (κ1) is 14.3. The minimum Gasteiger partial charge on any atom is -0.364 e. The first-order valence-corrected chi connectivity index (χ1v) is 7.31. The number of carbonyl (C=O) groups excluding carboxylic acids is 1. The van der Waals surface area contributed by atoms with Gasteiger partial charge in [-0.1, -0.05) is 0 Å². The molecule has 0 bridgehead atoms. The second-order valence-corrected chi connectivity index (χ2v) is 6.03. The zero-order valence-electron chi connectivity index (χ0n) is 10.8. The quantitative estimate of drug-likeness (QED) is 0.656. The highest BCUT2D eigenvalue weighted by molar-refractivity contribution is 7.89. The van der Waals surface area contributed by atoms with Crippen molar-refractivity contribution >= 4 is 15.9 Å². The Kier molecular flexibility index (Phi) is 3.91. The van der Waals surface area contributed by atoms with Crippen LogP contribution in [0.1, 0.15) is 16.2 Å². The smallest absolute Gasteiger partial charge is 0.265 e. The molecule has 0 radical (unpaired) electrons. The van der Waals surface area contributed by atoms with E-state index in [2.05, 4.69) is 14.7 Å².